The average molecular weight is 319 g/mol. The number of rotatable bonds is 1. The van der Waals surface area contributed by atoms with Crippen LogP contribution in [-0.4, -0.2) is 4.98 Å². The molecule has 0 aliphatic carbocycles. The molecule has 3 nitrogen and oxygen atoms in total. The molecule has 98 valence electrons. The van der Waals surface area contributed by atoms with Gasteiger partial charge in [-0.05, 0) is 31.2 Å². The number of benzene rings is 1. The van der Waals surface area contributed by atoms with Crippen molar-refractivity contribution in [2.24, 2.45) is 5.73 Å². The van der Waals surface area contributed by atoms with Crippen molar-refractivity contribution in [3.8, 4) is 5.75 Å². The van der Waals surface area contributed by atoms with Crippen molar-refractivity contribution in [3.05, 3.63) is 57.8 Å². The summed E-state index contributed by atoms with van der Waals surface area (Å²) in [7, 11) is 0. The van der Waals surface area contributed by atoms with Crippen LogP contribution in [0.5, 0.6) is 5.75 Å². The second-order valence-corrected chi connectivity index (χ2v) is 5.78. The second-order valence-electron chi connectivity index (χ2n) is 4.86. The molecule has 1 aliphatic rings. The molecule has 1 aliphatic heterocycles. The van der Waals surface area contributed by atoms with Crippen LogP contribution in [-0.2, 0) is 0 Å². The summed E-state index contributed by atoms with van der Waals surface area (Å²) in [5.74, 6) is 0.868. The van der Waals surface area contributed by atoms with Gasteiger partial charge in [-0.3, -0.25) is 4.98 Å². The molecule has 2 heterocycles. The summed E-state index contributed by atoms with van der Waals surface area (Å²) in [6.45, 7) is 1.98. The first-order valence-corrected chi connectivity index (χ1v) is 7.07. The zero-order valence-corrected chi connectivity index (χ0v) is 12.2. The number of halogens is 1. The van der Waals surface area contributed by atoms with Crippen LogP contribution in [0, 0.1) is 6.92 Å². The first-order valence-electron chi connectivity index (χ1n) is 6.28. The minimum absolute atomic E-state index is 0.00690. The number of nitrogens with two attached hydrogens (primary N) is 1. The third-order valence-electron chi connectivity index (χ3n) is 3.41. The molecule has 1 aromatic carbocycles. The van der Waals surface area contributed by atoms with Crippen LogP contribution in [0.15, 0.2) is 41.0 Å². The van der Waals surface area contributed by atoms with E-state index in [0.29, 0.717) is 0 Å². The van der Waals surface area contributed by atoms with Gasteiger partial charge in [-0.25, -0.2) is 0 Å². The Morgan fingerprint density at radius 1 is 1.32 bits per heavy atom. The van der Waals surface area contributed by atoms with Crippen LogP contribution >= 0.6 is 15.9 Å². The molecule has 3 rings (SSSR count). The van der Waals surface area contributed by atoms with Crippen LogP contribution in [0.1, 0.15) is 35.4 Å². The summed E-state index contributed by atoms with van der Waals surface area (Å²) in [6.07, 6.45) is 2.63. The van der Waals surface area contributed by atoms with Gasteiger partial charge in [0.05, 0.1) is 0 Å². The number of fused-ring (bicyclic) bond motifs is 1. The smallest absolute Gasteiger partial charge is 0.127 e. The average Bonchev–Trinajstić information content (AvgIpc) is 2.40. The topological polar surface area (TPSA) is 48.1 Å². The molecule has 0 fully saturated rings. The van der Waals surface area contributed by atoms with E-state index in [9.17, 15) is 0 Å². The Balaban J connectivity index is 1.92. The highest BCUT2D eigenvalue weighted by molar-refractivity contribution is 9.10. The fourth-order valence-electron chi connectivity index (χ4n) is 2.35. The molecule has 1 aromatic heterocycles. The SMILES string of the molecule is Cc1ccc(C2CC(N)c3cc(Br)ccc3O2)cn1. The standard InChI is InChI=1S/C15H15BrN2O/c1-9-2-3-10(8-18-9)15-7-13(17)12-6-11(16)4-5-14(12)19-15/h2-6,8,13,15H,7,17H2,1H3. The molecule has 19 heavy (non-hydrogen) atoms. The first-order chi connectivity index (χ1) is 9.13. The zero-order valence-electron chi connectivity index (χ0n) is 10.6. The third-order valence-corrected chi connectivity index (χ3v) is 3.91. The Morgan fingerprint density at radius 3 is 2.89 bits per heavy atom. The van der Waals surface area contributed by atoms with Gasteiger partial charge in [0.25, 0.3) is 0 Å². The highest BCUT2D eigenvalue weighted by Gasteiger charge is 2.27. The number of hydrogen-bond acceptors (Lipinski definition) is 3. The lowest BCUT2D eigenvalue weighted by atomic mass is 9.94. The van der Waals surface area contributed by atoms with Gasteiger partial charge in [0, 0.05) is 40.0 Å². The van der Waals surface area contributed by atoms with Crippen molar-refractivity contribution in [2.45, 2.75) is 25.5 Å². The van der Waals surface area contributed by atoms with Gasteiger partial charge >= 0.3 is 0 Å². The first kappa shape index (κ1) is 12.6. The molecule has 0 bridgehead atoms. The van der Waals surface area contributed by atoms with Crippen LogP contribution < -0.4 is 10.5 Å². The summed E-state index contributed by atoms with van der Waals surface area (Å²) in [6, 6.07) is 10.0. The molecule has 0 saturated carbocycles. The molecule has 4 heteroatoms. The number of pyridine rings is 1. The Labute approximate surface area is 120 Å². The molecule has 2 N–H and O–H groups in total. The van der Waals surface area contributed by atoms with Gasteiger partial charge in [-0.1, -0.05) is 22.0 Å². The molecule has 0 amide bonds. The molecule has 2 aromatic rings. The molecular weight excluding hydrogens is 304 g/mol. The van der Waals surface area contributed by atoms with Crippen LogP contribution in [0.4, 0.5) is 0 Å². The largest absolute Gasteiger partial charge is 0.485 e. The van der Waals surface area contributed by atoms with E-state index in [1.54, 1.807) is 0 Å². The minimum atomic E-state index is -0.0169. The molecule has 2 unspecified atom stereocenters. The van der Waals surface area contributed by atoms with Gasteiger partial charge in [-0.15, -0.1) is 0 Å². The number of aromatic nitrogens is 1. The maximum absolute atomic E-state index is 6.25. The number of ether oxygens (including phenoxy) is 1. The van der Waals surface area contributed by atoms with Crippen molar-refractivity contribution < 1.29 is 4.74 Å². The quantitative estimate of drug-likeness (QED) is 0.872. The number of hydrogen-bond donors (Lipinski definition) is 1. The van der Waals surface area contributed by atoms with E-state index in [1.165, 1.54) is 0 Å². The van der Waals surface area contributed by atoms with Crippen LogP contribution in [0.2, 0.25) is 0 Å². The number of nitrogens with zero attached hydrogens (tertiary/aromatic N) is 1. The summed E-state index contributed by atoms with van der Waals surface area (Å²) in [4.78, 5) is 4.32. The van der Waals surface area contributed by atoms with Crippen LogP contribution in [0.25, 0.3) is 0 Å². The Kier molecular flexibility index (Phi) is 3.29. The predicted octanol–water partition coefficient (Wildman–Crippen LogP) is 3.68. The summed E-state index contributed by atoms with van der Waals surface area (Å²) >= 11 is 3.46. The Morgan fingerprint density at radius 2 is 2.16 bits per heavy atom. The predicted molar refractivity (Wildman–Crippen MR) is 78.0 cm³/mol. The van der Waals surface area contributed by atoms with Gasteiger partial charge in [-0.2, -0.15) is 0 Å². The highest BCUT2D eigenvalue weighted by Crippen LogP contribution is 2.40. The zero-order chi connectivity index (χ0) is 13.4. The van der Waals surface area contributed by atoms with E-state index in [4.69, 9.17) is 10.5 Å². The fourth-order valence-corrected chi connectivity index (χ4v) is 2.73. The fraction of sp³-hybridized carbons (Fsp3) is 0.267. The van der Waals surface area contributed by atoms with Gasteiger partial charge < -0.3 is 10.5 Å². The highest BCUT2D eigenvalue weighted by atomic mass is 79.9. The van der Waals surface area contributed by atoms with Gasteiger partial charge in [0.15, 0.2) is 0 Å². The Hall–Kier alpha value is -1.39. The van der Waals surface area contributed by atoms with Crippen LogP contribution in [0.3, 0.4) is 0 Å². The van der Waals surface area contributed by atoms with E-state index in [0.717, 1.165) is 33.5 Å². The number of aryl methyl sites for hydroxylation is 1. The lowest BCUT2D eigenvalue weighted by Crippen LogP contribution is -2.24. The van der Waals surface area contributed by atoms with E-state index < -0.39 is 0 Å². The lowest BCUT2D eigenvalue weighted by Gasteiger charge is -2.30. The van der Waals surface area contributed by atoms with Gasteiger partial charge in [0.2, 0.25) is 0 Å². The summed E-state index contributed by atoms with van der Waals surface area (Å²) in [5.41, 5.74) is 9.40. The minimum Gasteiger partial charge on any atom is -0.485 e. The van der Waals surface area contributed by atoms with Crippen molar-refractivity contribution in [1.29, 1.82) is 0 Å². The second kappa shape index (κ2) is 4.94. The van der Waals surface area contributed by atoms with Crippen molar-refractivity contribution in [2.75, 3.05) is 0 Å². The van der Waals surface area contributed by atoms with E-state index in [2.05, 4.69) is 27.0 Å². The van der Waals surface area contributed by atoms with E-state index in [-0.39, 0.29) is 12.1 Å². The lowest BCUT2D eigenvalue weighted by molar-refractivity contribution is 0.161. The molecule has 2 atom stereocenters. The van der Waals surface area contributed by atoms with E-state index >= 15 is 0 Å². The summed E-state index contributed by atoms with van der Waals surface area (Å²) in [5, 5.41) is 0. The third kappa shape index (κ3) is 2.51. The van der Waals surface area contributed by atoms with Crippen molar-refractivity contribution in [3.63, 3.8) is 0 Å². The maximum atomic E-state index is 6.25. The molecule has 0 spiro atoms. The Bertz CT molecular complexity index is 598. The monoisotopic (exact) mass is 318 g/mol. The molecule has 0 saturated heterocycles. The normalized spacial score (nSPS) is 21.6. The van der Waals surface area contributed by atoms with Crippen molar-refractivity contribution in [1.82, 2.24) is 4.98 Å². The van der Waals surface area contributed by atoms with Crippen molar-refractivity contribution >= 4 is 15.9 Å². The van der Waals surface area contributed by atoms with E-state index in [1.807, 2.05) is 37.4 Å². The molecular formula is C15H15BrN2O. The van der Waals surface area contributed by atoms with Gasteiger partial charge in [0.1, 0.15) is 11.9 Å². The maximum Gasteiger partial charge on any atom is 0.127 e. The summed E-state index contributed by atoms with van der Waals surface area (Å²) < 4.78 is 7.07. The molecule has 0 radical (unpaired) electrons.